The monoisotopic (exact) mass is 308 g/mol. The molecular weight excluding hydrogens is 297 g/mol. The number of anilines is 1. The number of hydrogen-bond acceptors (Lipinski definition) is 3. The highest BCUT2D eigenvalue weighted by atomic mass is 19.4. The van der Waals surface area contributed by atoms with E-state index < -0.39 is 17.7 Å². The Morgan fingerprint density at radius 2 is 1.73 bits per heavy atom. The molecule has 0 bridgehead atoms. The summed E-state index contributed by atoms with van der Waals surface area (Å²) in [5, 5.41) is 12.5. The average molecular weight is 308 g/mol. The highest BCUT2D eigenvalue weighted by Gasteiger charge is 2.33. The van der Waals surface area contributed by atoms with Crippen LogP contribution in [0.1, 0.15) is 21.5 Å². The molecule has 4 nitrogen and oxygen atoms in total. The number of rotatable bonds is 4. The van der Waals surface area contributed by atoms with Crippen LogP contribution >= 0.6 is 0 Å². The van der Waals surface area contributed by atoms with E-state index in [0.29, 0.717) is 5.56 Å². The van der Waals surface area contributed by atoms with Crippen molar-refractivity contribution < 1.29 is 23.1 Å². The van der Waals surface area contributed by atoms with Crippen molar-refractivity contribution in [2.75, 3.05) is 5.43 Å². The Bertz CT molecular complexity index is 695. The van der Waals surface area contributed by atoms with Crippen molar-refractivity contribution >= 4 is 17.9 Å². The number of nitrogens with zero attached hydrogens (tertiary/aromatic N) is 1. The molecule has 0 amide bonds. The van der Waals surface area contributed by atoms with Gasteiger partial charge in [0.15, 0.2) is 0 Å². The Hall–Kier alpha value is -2.83. The maximum Gasteiger partial charge on any atom is 0.418 e. The van der Waals surface area contributed by atoms with Crippen molar-refractivity contribution in [3.05, 3.63) is 65.2 Å². The second kappa shape index (κ2) is 6.30. The number of hydrazone groups is 1. The summed E-state index contributed by atoms with van der Waals surface area (Å²) >= 11 is 0. The number of carboxylic acids is 1. The van der Waals surface area contributed by atoms with Crippen molar-refractivity contribution in [3.63, 3.8) is 0 Å². The first-order valence-corrected chi connectivity index (χ1v) is 6.16. The quantitative estimate of drug-likeness (QED) is 0.666. The van der Waals surface area contributed by atoms with Gasteiger partial charge in [-0.3, -0.25) is 5.43 Å². The zero-order chi connectivity index (χ0) is 16.2. The van der Waals surface area contributed by atoms with Gasteiger partial charge in [-0.15, -0.1) is 0 Å². The van der Waals surface area contributed by atoms with Gasteiger partial charge in [0.1, 0.15) is 0 Å². The maximum atomic E-state index is 12.8. The molecule has 2 aromatic rings. The minimum absolute atomic E-state index is 0.118. The number of carboxylic acid groups (broad SMARTS) is 1. The fourth-order valence-electron chi connectivity index (χ4n) is 1.72. The summed E-state index contributed by atoms with van der Waals surface area (Å²) in [6.45, 7) is 0. The zero-order valence-electron chi connectivity index (χ0n) is 11.1. The molecule has 0 aromatic heterocycles. The molecule has 0 atom stereocenters. The van der Waals surface area contributed by atoms with Gasteiger partial charge in [0.05, 0.1) is 23.0 Å². The number of alkyl halides is 3. The van der Waals surface area contributed by atoms with Crippen LogP contribution in [-0.2, 0) is 6.18 Å². The van der Waals surface area contributed by atoms with Gasteiger partial charge in [0.25, 0.3) is 0 Å². The minimum atomic E-state index is -4.47. The molecular formula is C15H11F3N2O2. The van der Waals surface area contributed by atoms with Crippen LogP contribution < -0.4 is 5.43 Å². The normalized spacial score (nSPS) is 11.6. The summed E-state index contributed by atoms with van der Waals surface area (Å²) in [7, 11) is 0. The lowest BCUT2D eigenvalue weighted by molar-refractivity contribution is -0.136. The molecule has 0 heterocycles. The molecule has 0 fully saturated rings. The van der Waals surface area contributed by atoms with Crippen LogP contribution in [-0.4, -0.2) is 17.3 Å². The van der Waals surface area contributed by atoms with Crippen LogP contribution in [0.3, 0.4) is 0 Å². The predicted molar refractivity (Wildman–Crippen MR) is 76.1 cm³/mol. The number of benzene rings is 2. The second-order valence-corrected chi connectivity index (χ2v) is 4.34. The zero-order valence-corrected chi connectivity index (χ0v) is 11.1. The number of hydrogen-bond donors (Lipinski definition) is 2. The lowest BCUT2D eigenvalue weighted by Gasteiger charge is -2.11. The Balaban J connectivity index is 2.11. The fourth-order valence-corrected chi connectivity index (χ4v) is 1.72. The molecule has 0 saturated carbocycles. The average Bonchev–Trinajstić information content (AvgIpc) is 2.47. The molecule has 0 unspecified atom stereocenters. The molecule has 0 aliphatic heterocycles. The molecule has 2 N–H and O–H groups in total. The molecule has 0 aliphatic carbocycles. The number of nitrogens with one attached hydrogen (secondary N) is 1. The minimum Gasteiger partial charge on any atom is -0.478 e. The topological polar surface area (TPSA) is 61.7 Å². The lowest BCUT2D eigenvalue weighted by Crippen LogP contribution is -2.08. The largest absolute Gasteiger partial charge is 0.478 e. The Kier molecular flexibility index (Phi) is 4.45. The molecule has 114 valence electrons. The van der Waals surface area contributed by atoms with Crippen molar-refractivity contribution in [1.29, 1.82) is 0 Å². The van der Waals surface area contributed by atoms with E-state index in [1.165, 1.54) is 48.7 Å². The summed E-state index contributed by atoms with van der Waals surface area (Å²) in [5.41, 5.74) is 2.04. The van der Waals surface area contributed by atoms with Crippen molar-refractivity contribution in [3.8, 4) is 0 Å². The van der Waals surface area contributed by atoms with Crippen molar-refractivity contribution in [2.45, 2.75) is 6.18 Å². The molecule has 0 saturated heterocycles. The van der Waals surface area contributed by atoms with Gasteiger partial charge in [-0.2, -0.15) is 18.3 Å². The molecule has 0 spiro atoms. The van der Waals surface area contributed by atoms with E-state index in [4.69, 9.17) is 5.11 Å². The van der Waals surface area contributed by atoms with E-state index in [1.54, 1.807) is 0 Å². The Morgan fingerprint density at radius 1 is 1.09 bits per heavy atom. The van der Waals surface area contributed by atoms with Crippen LogP contribution in [0.5, 0.6) is 0 Å². The van der Waals surface area contributed by atoms with Crippen molar-refractivity contribution in [1.82, 2.24) is 0 Å². The fraction of sp³-hybridized carbons (Fsp3) is 0.0667. The number of aromatic carboxylic acids is 1. The van der Waals surface area contributed by atoms with E-state index in [2.05, 4.69) is 10.5 Å². The van der Waals surface area contributed by atoms with Gasteiger partial charge in [-0.1, -0.05) is 24.3 Å². The first kappa shape index (κ1) is 15.6. The van der Waals surface area contributed by atoms with Gasteiger partial charge < -0.3 is 5.11 Å². The molecule has 2 rings (SSSR count). The third-order valence-electron chi connectivity index (χ3n) is 2.79. The number of para-hydroxylation sites is 1. The van der Waals surface area contributed by atoms with Gasteiger partial charge in [0.2, 0.25) is 0 Å². The summed E-state index contributed by atoms with van der Waals surface area (Å²) in [4.78, 5) is 10.7. The maximum absolute atomic E-state index is 12.8. The van der Waals surface area contributed by atoms with Crippen LogP contribution in [0.4, 0.5) is 18.9 Å². The lowest BCUT2D eigenvalue weighted by atomic mass is 10.1. The molecule has 22 heavy (non-hydrogen) atoms. The highest BCUT2D eigenvalue weighted by Crippen LogP contribution is 2.34. The highest BCUT2D eigenvalue weighted by molar-refractivity contribution is 5.89. The standard InChI is InChI=1S/C15H11F3N2O2/c16-15(17,18)12-3-1-2-4-13(12)20-19-9-10-5-7-11(8-6-10)14(21)22/h1-9,20H,(H,21,22)/b19-9-. The third kappa shape index (κ3) is 3.85. The van der Waals surface area contributed by atoms with E-state index in [9.17, 15) is 18.0 Å². The first-order chi connectivity index (χ1) is 10.4. The predicted octanol–water partition coefficient (Wildman–Crippen LogP) is 3.85. The summed E-state index contributed by atoms with van der Waals surface area (Å²) in [6, 6.07) is 10.8. The third-order valence-corrected chi connectivity index (χ3v) is 2.79. The van der Waals surface area contributed by atoms with Gasteiger partial charge in [0, 0.05) is 0 Å². The molecule has 7 heteroatoms. The van der Waals surface area contributed by atoms with Crippen LogP contribution in [0.25, 0.3) is 0 Å². The van der Waals surface area contributed by atoms with E-state index >= 15 is 0 Å². The molecule has 0 aliphatic rings. The second-order valence-electron chi connectivity index (χ2n) is 4.34. The first-order valence-electron chi connectivity index (χ1n) is 6.16. The molecule has 2 aromatic carbocycles. The summed E-state index contributed by atoms with van der Waals surface area (Å²) in [5.74, 6) is -1.05. The van der Waals surface area contributed by atoms with Crippen LogP contribution in [0, 0.1) is 0 Å². The summed E-state index contributed by atoms with van der Waals surface area (Å²) < 4.78 is 38.3. The van der Waals surface area contributed by atoms with E-state index in [-0.39, 0.29) is 11.3 Å². The number of carbonyl (C=O) groups is 1. The van der Waals surface area contributed by atoms with Gasteiger partial charge >= 0.3 is 12.1 Å². The number of halogens is 3. The van der Waals surface area contributed by atoms with Crippen molar-refractivity contribution in [2.24, 2.45) is 5.10 Å². The van der Waals surface area contributed by atoms with E-state index in [1.807, 2.05) is 0 Å². The van der Waals surface area contributed by atoms with Crippen LogP contribution in [0.15, 0.2) is 53.6 Å². The van der Waals surface area contributed by atoms with Crippen LogP contribution in [0.2, 0.25) is 0 Å². The SMILES string of the molecule is O=C(O)c1ccc(/C=N\Nc2ccccc2C(F)(F)F)cc1. The van der Waals surface area contributed by atoms with E-state index in [0.717, 1.165) is 6.07 Å². The smallest absolute Gasteiger partial charge is 0.418 e. The van der Waals surface area contributed by atoms with Gasteiger partial charge in [-0.05, 0) is 29.8 Å². The summed E-state index contributed by atoms with van der Waals surface area (Å²) in [6.07, 6.45) is -3.17. The van der Waals surface area contributed by atoms with Gasteiger partial charge in [-0.25, -0.2) is 4.79 Å². The molecule has 0 radical (unpaired) electrons. The Labute approximate surface area is 123 Å². The Morgan fingerprint density at radius 3 is 2.32 bits per heavy atom.